The Labute approximate surface area is 254 Å². The molecule has 0 saturated carbocycles. The lowest BCUT2D eigenvalue weighted by molar-refractivity contribution is -0.127. The van der Waals surface area contributed by atoms with Crippen molar-refractivity contribution in [2.45, 2.75) is 13.0 Å². The SMILES string of the molecule is Cc1cc(Nc2ncnc3ccc4c(c23)OC[C@H]2CN(C(=O)/C=C/CN(C)C)CCN42)ccc1Oc1ccn2ncnc2c1. The predicted octanol–water partition coefficient (Wildman–Crippen LogP) is 4.04. The van der Waals surface area contributed by atoms with E-state index < -0.39 is 0 Å². The topological polar surface area (TPSA) is 113 Å². The van der Waals surface area contributed by atoms with E-state index in [1.807, 2.05) is 79.5 Å². The Balaban J connectivity index is 1.11. The Morgan fingerprint density at radius 1 is 1.11 bits per heavy atom. The van der Waals surface area contributed by atoms with Crippen LogP contribution in [0.4, 0.5) is 17.2 Å². The van der Waals surface area contributed by atoms with Gasteiger partial charge in [0.25, 0.3) is 0 Å². The summed E-state index contributed by atoms with van der Waals surface area (Å²) in [7, 11) is 3.96. The zero-order valence-corrected chi connectivity index (χ0v) is 24.8. The summed E-state index contributed by atoms with van der Waals surface area (Å²) in [6.07, 6.45) is 8.47. The summed E-state index contributed by atoms with van der Waals surface area (Å²) in [5, 5.41) is 8.44. The number of ether oxygens (including phenoxy) is 2. The number of hydrogen-bond acceptors (Lipinski definition) is 10. The van der Waals surface area contributed by atoms with Gasteiger partial charge in [0.05, 0.1) is 22.6 Å². The molecule has 1 saturated heterocycles. The minimum Gasteiger partial charge on any atom is -0.488 e. The summed E-state index contributed by atoms with van der Waals surface area (Å²) < 4.78 is 14.2. The lowest BCUT2D eigenvalue weighted by Gasteiger charge is -2.45. The van der Waals surface area contributed by atoms with E-state index in [9.17, 15) is 4.79 Å². The zero-order valence-electron chi connectivity index (χ0n) is 24.8. The fraction of sp³-hybridized carbons (Fsp3) is 0.281. The monoisotopic (exact) mass is 591 g/mol. The summed E-state index contributed by atoms with van der Waals surface area (Å²) in [5.74, 6) is 2.89. The molecule has 12 heteroatoms. The summed E-state index contributed by atoms with van der Waals surface area (Å²) in [6, 6.07) is 13.8. The highest BCUT2D eigenvalue weighted by atomic mass is 16.5. The smallest absolute Gasteiger partial charge is 0.246 e. The number of benzene rings is 2. The molecule has 1 amide bonds. The number of likely N-dealkylation sites (N-methyl/N-ethyl adjacent to an activating group) is 1. The maximum atomic E-state index is 12.8. The molecule has 1 fully saturated rings. The Morgan fingerprint density at radius 3 is 2.89 bits per heavy atom. The molecular formula is C32H33N9O3. The Kier molecular flexibility index (Phi) is 7.18. The maximum Gasteiger partial charge on any atom is 0.246 e. The third-order valence-corrected chi connectivity index (χ3v) is 7.91. The number of nitrogens with one attached hydrogen (secondary N) is 1. The number of amides is 1. The standard InChI is InChI=1S/C32H33N9O3/c1-21-15-22(6-9-27(21)44-24-10-12-41-28(16-24)34-20-36-41)37-32-30-25(33-19-35-32)7-8-26-31(30)43-18-23-17-39(13-14-40(23)26)29(42)5-4-11-38(2)3/h4-10,12,15-16,19-20,23H,11,13-14,17-18H2,1-3H3,(H,33,35,37)/b5-4+/t23-/m1/s1. The van der Waals surface area contributed by atoms with Crippen LogP contribution in [0.2, 0.25) is 0 Å². The normalized spacial score (nSPS) is 16.3. The van der Waals surface area contributed by atoms with Gasteiger partial charge in [0.15, 0.2) is 11.4 Å². The van der Waals surface area contributed by atoms with Crippen molar-refractivity contribution in [3.8, 4) is 17.2 Å². The van der Waals surface area contributed by atoms with E-state index in [1.165, 1.54) is 6.33 Å². The Morgan fingerprint density at radius 2 is 2.02 bits per heavy atom. The van der Waals surface area contributed by atoms with E-state index in [-0.39, 0.29) is 11.9 Å². The second kappa shape index (κ2) is 11.5. The summed E-state index contributed by atoms with van der Waals surface area (Å²) in [6.45, 7) is 5.19. The highest BCUT2D eigenvalue weighted by Crippen LogP contribution is 2.43. The van der Waals surface area contributed by atoms with Gasteiger partial charge in [-0.15, -0.1) is 0 Å². The number of pyridine rings is 1. The molecule has 12 nitrogen and oxygen atoms in total. The van der Waals surface area contributed by atoms with E-state index in [4.69, 9.17) is 9.47 Å². The van der Waals surface area contributed by atoms with Crippen molar-refractivity contribution >= 4 is 39.6 Å². The second-order valence-corrected chi connectivity index (χ2v) is 11.3. The number of rotatable bonds is 7. The average Bonchev–Trinajstić information content (AvgIpc) is 3.49. The van der Waals surface area contributed by atoms with Crippen LogP contribution in [0.15, 0.2) is 73.5 Å². The molecule has 5 aromatic rings. The van der Waals surface area contributed by atoms with Crippen LogP contribution >= 0.6 is 0 Å². The van der Waals surface area contributed by atoms with Crippen LogP contribution in [0, 0.1) is 6.92 Å². The number of carbonyl (C=O) groups is 1. The molecule has 2 aliphatic rings. The van der Waals surface area contributed by atoms with Crippen LogP contribution in [0.3, 0.4) is 0 Å². The van der Waals surface area contributed by atoms with Crippen molar-refractivity contribution in [3.63, 3.8) is 0 Å². The van der Waals surface area contributed by atoms with Crippen LogP contribution in [-0.4, -0.2) is 93.2 Å². The van der Waals surface area contributed by atoms with Gasteiger partial charge in [-0.3, -0.25) is 4.79 Å². The largest absolute Gasteiger partial charge is 0.488 e. The molecule has 0 unspecified atom stereocenters. The van der Waals surface area contributed by atoms with Crippen LogP contribution < -0.4 is 19.7 Å². The molecule has 0 radical (unpaired) electrons. The highest BCUT2D eigenvalue weighted by Gasteiger charge is 2.35. The first kappa shape index (κ1) is 27.6. The molecule has 0 bridgehead atoms. The number of carbonyl (C=O) groups excluding carboxylic acids is 1. The molecule has 2 aromatic carbocycles. The first-order chi connectivity index (χ1) is 21.4. The number of anilines is 3. The summed E-state index contributed by atoms with van der Waals surface area (Å²) in [4.78, 5) is 32.4. The molecular weight excluding hydrogens is 558 g/mol. The van der Waals surface area contributed by atoms with Crippen LogP contribution in [0.5, 0.6) is 17.2 Å². The average molecular weight is 592 g/mol. The quantitative estimate of drug-likeness (QED) is 0.278. The van der Waals surface area contributed by atoms with Crippen molar-refractivity contribution in [3.05, 3.63) is 79.0 Å². The van der Waals surface area contributed by atoms with Gasteiger partial charge in [-0.05, 0) is 63.0 Å². The maximum absolute atomic E-state index is 12.8. The van der Waals surface area contributed by atoms with Gasteiger partial charge >= 0.3 is 0 Å². The van der Waals surface area contributed by atoms with Gasteiger partial charge in [0, 0.05) is 50.2 Å². The van der Waals surface area contributed by atoms with Gasteiger partial charge in [-0.1, -0.05) is 6.08 Å². The van der Waals surface area contributed by atoms with E-state index >= 15 is 0 Å². The Bertz CT molecular complexity index is 1890. The number of fused-ring (bicyclic) bond motifs is 6. The van der Waals surface area contributed by atoms with Gasteiger partial charge < -0.3 is 29.5 Å². The van der Waals surface area contributed by atoms with Gasteiger partial charge in [0.1, 0.15) is 36.6 Å². The molecule has 1 atom stereocenters. The molecule has 2 aliphatic heterocycles. The first-order valence-corrected chi connectivity index (χ1v) is 14.6. The zero-order chi connectivity index (χ0) is 30.2. The summed E-state index contributed by atoms with van der Waals surface area (Å²) >= 11 is 0. The van der Waals surface area contributed by atoms with Crippen molar-refractivity contribution in [2.75, 3.05) is 57.1 Å². The van der Waals surface area contributed by atoms with Gasteiger partial charge in [-0.2, -0.15) is 5.10 Å². The van der Waals surface area contributed by atoms with Crippen molar-refractivity contribution in [2.24, 2.45) is 0 Å². The van der Waals surface area contributed by atoms with E-state index in [0.717, 1.165) is 52.4 Å². The van der Waals surface area contributed by atoms with Crippen LogP contribution in [0.25, 0.3) is 16.6 Å². The van der Waals surface area contributed by atoms with Gasteiger partial charge in [-0.25, -0.2) is 19.5 Å². The van der Waals surface area contributed by atoms with Gasteiger partial charge in [0.2, 0.25) is 5.91 Å². The minimum absolute atomic E-state index is 0.0406. The number of nitrogens with zero attached hydrogens (tertiary/aromatic N) is 8. The Hall–Kier alpha value is -5.23. The minimum atomic E-state index is 0.0406. The number of hydrogen-bond donors (Lipinski definition) is 1. The summed E-state index contributed by atoms with van der Waals surface area (Å²) in [5.41, 5.74) is 4.32. The molecule has 5 heterocycles. The van der Waals surface area contributed by atoms with Crippen molar-refractivity contribution < 1.29 is 14.3 Å². The first-order valence-electron chi connectivity index (χ1n) is 14.6. The lowest BCUT2D eigenvalue weighted by atomic mass is 10.1. The molecule has 1 N–H and O–H groups in total. The second-order valence-electron chi connectivity index (χ2n) is 11.3. The lowest BCUT2D eigenvalue weighted by Crippen LogP contribution is -2.58. The molecule has 224 valence electrons. The fourth-order valence-corrected chi connectivity index (χ4v) is 5.71. The van der Waals surface area contributed by atoms with E-state index in [2.05, 4.69) is 36.3 Å². The van der Waals surface area contributed by atoms with Crippen LogP contribution in [0.1, 0.15) is 5.56 Å². The van der Waals surface area contributed by atoms with E-state index in [0.29, 0.717) is 36.9 Å². The van der Waals surface area contributed by atoms with Crippen molar-refractivity contribution in [1.82, 2.24) is 34.4 Å². The predicted molar refractivity (Wildman–Crippen MR) is 168 cm³/mol. The molecule has 7 rings (SSSR count). The molecule has 0 aliphatic carbocycles. The number of aryl methyl sites for hydroxylation is 1. The van der Waals surface area contributed by atoms with Crippen LogP contribution in [-0.2, 0) is 4.79 Å². The third-order valence-electron chi connectivity index (χ3n) is 7.91. The molecule has 0 spiro atoms. The van der Waals surface area contributed by atoms with Crippen molar-refractivity contribution in [1.29, 1.82) is 0 Å². The molecule has 44 heavy (non-hydrogen) atoms. The third kappa shape index (κ3) is 5.35. The molecule has 3 aromatic heterocycles. The van der Waals surface area contributed by atoms with E-state index in [1.54, 1.807) is 16.9 Å². The number of aromatic nitrogens is 5. The fourth-order valence-electron chi connectivity index (χ4n) is 5.71. The highest BCUT2D eigenvalue weighted by molar-refractivity contribution is 6.00. The number of piperazine rings is 1.